The molecular weight excluding hydrogens is 418 g/mol. The first-order chi connectivity index (χ1) is 14.6. The van der Waals surface area contributed by atoms with Crippen molar-refractivity contribution in [1.82, 2.24) is 10.3 Å². The highest BCUT2D eigenvalue weighted by molar-refractivity contribution is 7.80. The van der Waals surface area contributed by atoms with Gasteiger partial charge in [0.05, 0.1) is 5.56 Å². The van der Waals surface area contributed by atoms with Crippen molar-refractivity contribution in [2.75, 3.05) is 11.9 Å². The molecule has 0 aliphatic heterocycles. The summed E-state index contributed by atoms with van der Waals surface area (Å²) in [4.78, 5) is 16.4. The number of thiocarbonyl (C=S) groups is 1. The Labute approximate surface area is 182 Å². The van der Waals surface area contributed by atoms with E-state index in [9.17, 15) is 9.90 Å². The number of aromatic nitrogens is 1. The minimum absolute atomic E-state index is 0. The number of carbonyl (C=O) groups is 1. The van der Waals surface area contributed by atoms with Gasteiger partial charge in [0, 0.05) is 11.8 Å². The zero-order valence-electron chi connectivity index (χ0n) is 16.2. The van der Waals surface area contributed by atoms with E-state index in [4.69, 9.17) is 21.4 Å². The van der Waals surface area contributed by atoms with Crippen LogP contribution in [0.1, 0.15) is 0 Å². The summed E-state index contributed by atoms with van der Waals surface area (Å²) < 4.78 is 11.1. The second-order valence-electron chi connectivity index (χ2n) is 6.32. The number of nitrogens with one attached hydrogen (secondary N) is 2. The van der Waals surface area contributed by atoms with Gasteiger partial charge in [-0.1, -0.05) is 30.3 Å². The first kappa shape index (κ1) is 21.8. The number of anilines is 1. The number of para-hydroxylation sites is 3. The smallest absolute Gasteiger partial charge is 0.264 e. The summed E-state index contributed by atoms with van der Waals surface area (Å²) >= 11 is 5.15. The molecule has 0 saturated carbocycles. The van der Waals surface area contributed by atoms with Crippen LogP contribution in [0.25, 0.3) is 22.6 Å². The molecule has 8 nitrogen and oxygen atoms in total. The topological polar surface area (TPSA) is 128 Å². The van der Waals surface area contributed by atoms with E-state index in [2.05, 4.69) is 15.6 Å². The Morgan fingerprint density at radius 3 is 2.55 bits per heavy atom. The van der Waals surface area contributed by atoms with Crippen LogP contribution in [0, 0.1) is 0 Å². The summed E-state index contributed by atoms with van der Waals surface area (Å²) in [7, 11) is 0. The molecular formula is C22H19N3O5S. The van der Waals surface area contributed by atoms with Crippen molar-refractivity contribution in [3.8, 4) is 23.0 Å². The van der Waals surface area contributed by atoms with Gasteiger partial charge in [-0.05, 0) is 48.6 Å². The Bertz CT molecular complexity index is 1180. The van der Waals surface area contributed by atoms with Crippen molar-refractivity contribution >= 4 is 40.0 Å². The molecule has 3 aromatic carbocycles. The molecule has 9 heteroatoms. The summed E-state index contributed by atoms with van der Waals surface area (Å²) in [5.41, 5.74) is 2.29. The maximum atomic E-state index is 12.0. The largest absolute Gasteiger partial charge is 0.507 e. The number of oxazole rings is 1. The Balaban J connectivity index is 0.00000272. The lowest BCUT2D eigenvalue weighted by Crippen LogP contribution is -2.37. The summed E-state index contributed by atoms with van der Waals surface area (Å²) in [6.07, 6.45) is 0. The molecule has 0 fully saturated rings. The van der Waals surface area contributed by atoms with E-state index in [0.29, 0.717) is 34.0 Å². The average molecular weight is 437 g/mol. The molecule has 0 aliphatic rings. The van der Waals surface area contributed by atoms with E-state index in [1.54, 1.807) is 30.3 Å². The molecule has 0 aliphatic carbocycles. The van der Waals surface area contributed by atoms with Gasteiger partial charge < -0.3 is 25.1 Å². The number of amides is 1. The Morgan fingerprint density at radius 2 is 1.81 bits per heavy atom. The Hall–Kier alpha value is -3.95. The lowest BCUT2D eigenvalue weighted by molar-refractivity contribution is -0.121. The highest BCUT2D eigenvalue weighted by atomic mass is 32.1. The van der Waals surface area contributed by atoms with Crippen LogP contribution in [0.5, 0.6) is 11.5 Å². The van der Waals surface area contributed by atoms with E-state index in [-0.39, 0.29) is 22.9 Å². The van der Waals surface area contributed by atoms with Gasteiger partial charge in [0.15, 0.2) is 17.3 Å². The average Bonchev–Trinajstić information content (AvgIpc) is 3.17. The highest BCUT2D eigenvalue weighted by Crippen LogP contribution is 2.32. The van der Waals surface area contributed by atoms with Gasteiger partial charge in [-0.15, -0.1) is 0 Å². The molecule has 0 unspecified atom stereocenters. The molecule has 31 heavy (non-hydrogen) atoms. The van der Waals surface area contributed by atoms with Crippen molar-refractivity contribution < 1.29 is 24.5 Å². The van der Waals surface area contributed by atoms with Crippen LogP contribution < -0.4 is 15.4 Å². The quantitative estimate of drug-likeness (QED) is 0.409. The third kappa shape index (κ3) is 5.35. The van der Waals surface area contributed by atoms with Gasteiger partial charge >= 0.3 is 0 Å². The molecule has 0 spiro atoms. The van der Waals surface area contributed by atoms with Gasteiger partial charge in [-0.25, -0.2) is 4.98 Å². The minimum atomic E-state index is -0.399. The first-order valence-electron chi connectivity index (χ1n) is 9.06. The van der Waals surface area contributed by atoms with E-state index in [1.165, 1.54) is 6.07 Å². The zero-order chi connectivity index (χ0) is 20.9. The number of fused-ring (bicyclic) bond motifs is 1. The second-order valence-corrected chi connectivity index (χ2v) is 6.73. The van der Waals surface area contributed by atoms with E-state index in [1.807, 2.05) is 36.4 Å². The standard InChI is InChI=1S/C22H17N3O4S.H2O/c26-18-12-14(10-11-16(18)21-24-17-8-4-5-9-19(17)29-21)23-22(30)25-20(27)13-28-15-6-2-1-3-7-15;/h1-12,26H,13H2,(H2,23,25,27,30);1H2. The zero-order valence-corrected chi connectivity index (χ0v) is 17.0. The third-order valence-corrected chi connectivity index (χ3v) is 4.35. The van der Waals surface area contributed by atoms with Gasteiger partial charge in [-0.3, -0.25) is 10.1 Å². The number of phenolic OH excluding ortho intramolecular Hbond substituents is 1. The summed E-state index contributed by atoms with van der Waals surface area (Å²) in [6, 6.07) is 21.2. The van der Waals surface area contributed by atoms with Crippen molar-refractivity contribution in [3.05, 3.63) is 72.8 Å². The molecule has 4 aromatic rings. The highest BCUT2D eigenvalue weighted by Gasteiger charge is 2.13. The fourth-order valence-electron chi connectivity index (χ4n) is 2.77. The van der Waals surface area contributed by atoms with Crippen molar-refractivity contribution in [2.45, 2.75) is 0 Å². The number of benzene rings is 3. The number of ether oxygens (including phenoxy) is 1. The number of nitrogens with zero attached hydrogens (tertiary/aromatic N) is 1. The molecule has 1 heterocycles. The predicted octanol–water partition coefficient (Wildman–Crippen LogP) is 3.27. The van der Waals surface area contributed by atoms with E-state index >= 15 is 0 Å². The Morgan fingerprint density at radius 1 is 1.06 bits per heavy atom. The lowest BCUT2D eigenvalue weighted by atomic mass is 10.2. The molecule has 1 aromatic heterocycles. The molecule has 0 saturated heterocycles. The number of carbonyl (C=O) groups excluding carboxylic acids is 1. The van der Waals surface area contributed by atoms with Crippen LogP contribution in [-0.2, 0) is 4.79 Å². The van der Waals surface area contributed by atoms with Crippen LogP contribution >= 0.6 is 12.2 Å². The van der Waals surface area contributed by atoms with Crippen molar-refractivity contribution in [1.29, 1.82) is 0 Å². The maximum Gasteiger partial charge on any atom is 0.264 e. The summed E-state index contributed by atoms with van der Waals surface area (Å²) in [5, 5.41) is 15.8. The minimum Gasteiger partial charge on any atom is -0.507 e. The SMILES string of the molecule is O.O=C(COc1ccccc1)NC(=S)Nc1ccc(-c2nc3ccccc3o2)c(O)c1. The van der Waals surface area contributed by atoms with Crippen LogP contribution in [0.3, 0.4) is 0 Å². The van der Waals surface area contributed by atoms with Crippen LogP contribution in [0.2, 0.25) is 0 Å². The summed E-state index contributed by atoms with van der Waals surface area (Å²) in [6.45, 7) is -0.173. The van der Waals surface area contributed by atoms with E-state index < -0.39 is 5.91 Å². The molecule has 4 rings (SSSR count). The number of hydrogen-bond donors (Lipinski definition) is 3. The molecule has 5 N–H and O–H groups in total. The number of rotatable bonds is 5. The first-order valence-corrected chi connectivity index (χ1v) is 9.47. The van der Waals surface area contributed by atoms with Gasteiger partial charge in [-0.2, -0.15) is 0 Å². The second kappa shape index (κ2) is 9.70. The third-order valence-electron chi connectivity index (χ3n) is 4.15. The lowest BCUT2D eigenvalue weighted by Gasteiger charge is -2.11. The predicted molar refractivity (Wildman–Crippen MR) is 121 cm³/mol. The molecule has 0 bridgehead atoms. The summed E-state index contributed by atoms with van der Waals surface area (Å²) in [5.74, 6) is 0.470. The van der Waals surface area contributed by atoms with Gasteiger partial charge in [0.1, 0.15) is 17.0 Å². The van der Waals surface area contributed by atoms with Gasteiger partial charge in [0.2, 0.25) is 5.89 Å². The van der Waals surface area contributed by atoms with Crippen LogP contribution in [0.15, 0.2) is 77.2 Å². The number of phenols is 1. The van der Waals surface area contributed by atoms with E-state index in [0.717, 1.165) is 0 Å². The molecule has 158 valence electrons. The monoisotopic (exact) mass is 437 g/mol. The van der Waals surface area contributed by atoms with Crippen molar-refractivity contribution in [3.63, 3.8) is 0 Å². The van der Waals surface area contributed by atoms with Crippen LogP contribution in [0.4, 0.5) is 5.69 Å². The molecule has 0 radical (unpaired) electrons. The fraction of sp³-hybridized carbons (Fsp3) is 0.0455. The fourth-order valence-corrected chi connectivity index (χ4v) is 3.00. The van der Waals surface area contributed by atoms with Gasteiger partial charge in [0.25, 0.3) is 5.91 Å². The van der Waals surface area contributed by atoms with Crippen molar-refractivity contribution in [2.24, 2.45) is 0 Å². The number of aromatic hydroxyl groups is 1. The normalized spacial score (nSPS) is 10.2. The maximum absolute atomic E-state index is 12.0. The number of hydrogen-bond acceptors (Lipinski definition) is 6. The Kier molecular flexibility index (Phi) is 6.81. The van der Waals surface area contributed by atoms with Crippen LogP contribution in [-0.4, -0.2) is 33.2 Å². The molecule has 1 amide bonds. The molecule has 0 atom stereocenters.